The van der Waals surface area contributed by atoms with Gasteiger partial charge in [0, 0.05) is 11.9 Å². The minimum Gasteiger partial charge on any atom is -0.480 e. The minimum atomic E-state index is -0.842. The number of aryl methyl sites for hydroxylation is 1. The summed E-state index contributed by atoms with van der Waals surface area (Å²) in [7, 11) is 0. The van der Waals surface area contributed by atoms with Crippen LogP contribution in [0.25, 0.3) is 10.9 Å². The number of carboxylic acid groups (broad SMARTS) is 1. The van der Waals surface area contributed by atoms with Crippen molar-refractivity contribution in [3.8, 4) is 0 Å². The Hall–Kier alpha value is -2.66. The van der Waals surface area contributed by atoms with Gasteiger partial charge >= 0.3 is 5.97 Å². The zero-order chi connectivity index (χ0) is 16.2. The molecule has 0 saturated heterocycles. The summed E-state index contributed by atoms with van der Waals surface area (Å²) in [6.45, 7) is 2.53. The fraction of sp³-hybridized carbons (Fsp3) is 0.222. The van der Waals surface area contributed by atoms with Gasteiger partial charge in [-0.1, -0.05) is 36.4 Å². The Morgan fingerprint density at radius 3 is 2.78 bits per heavy atom. The summed E-state index contributed by atoms with van der Waals surface area (Å²) in [5, 5.41) is 20.6. The fourth-order valence-corrected chi connectivity index (χ4v) is 2.75. The number of fused-ring (bicyclic) bond motifs is 1. The first-order chi connectivity index (χ1) is 11.1. The van der Waals surface area contributed by atoms with Gasteiger partial charge in [-0.3, -0.25) is 9.89 Å². The van der Waals surface area contributed by atoms with Crippen molar-refractivity contribution in [3.63, 3.8) is 0 Å². The maximum absolute atomic E-state index is 11.5. The van der Waals surface area contributed by atoms with E-state index in [1.165, 1.54) is 0 Å². The number of rotatable bonds is 6. The summed E-state index contributed by atoms with van der Waals surface area (Å²) in [5.41, 5.74) is 4.13. The third kappa shape index (κ3) is 3.57. The van der Waals surface area contributed by atoms with Crippen molar-refractivity contribution in [1.29, 1.82) is 0 Å². The van der Waals surface area contributed by atoms with E-state index in [0.717, 1.165) is 27.6 Å². The summed E-state index contributed by atoms with van der Waals surface area (Å²) in [5.74, 6) is -0.842. The van der Waals surface area contributed by atoms with Crippen LogP contribution in [0.3, 0.4) is 0 Å². The lowest BCUT2D eigenvalue weighted by Gasteiger charge is -2.15. The van der Waals surface area contributed by atoms with Crippen LogP contribution in [0.4, 0.5) is 0 Å². The van der Waals surface area contributed by atoms with Crippen molar-refractivity contribution in [2.75, 3.05) is 0 Å². The van der Waals surface area contributed by atoms with Crippen molar-refractivity contribution < 1.29 is 9.90 Å². The first-order valence-corrected chi connectivity index (χ1v) is 7.56. The number of hydrogen-bond acceptors (Lipinski definition) is 3. The molecule has 0 spiro atoms. The first kappa shape index (κ1) is 15.2. The van der Waals surface area contributed by atoms with Crippen molar-refractivity contribution in [2.45, 2.75) is 25.9 Å². The molecule has 1 unspecified atom stereocenters. The molecule has 1 aromatic heterocycles. The van der Waals surface area contributed by atoms with E-state index in [1.54, 1.807) is 6.20 Å². The van der Waals surface area contributed by atoms with E-state index in [9.17, 15) is 9.90 Å². The molecule has 1 atom stereocenters. The van der Waals surface area contributed by atoms with Gasteiger partial charge in [0.25, 0.3) is 0 Å². The second-order valence-corrected chi connectivity index (χ2v) is 5.71. The molecule has 0 aliphatic rings. The topological polar surface area (TPSA) is 78.0 Å². The van der Waals surface area contributed by atoms with Gasteiger partial charge in [0.1, 0.15) is 6.04 Å². The average molecular weight is 309 g/mol. The summed E-state index contributed by atoms with van der Waals surface area (Å²) < 4.78 is 0. The van der Waals surface area contributed by atoms with Gasteiger partial charge in [0.2, 0.25) is 0 Å². The smallest absolute Gasteiger partial charge is 0.321 e. The van der Waals surface area contributed by atoms with Crippen molar-refractivity contribution in [1.82, 2.24) is 15.5 Å². The largest absolute Gasteiger partial charge is 0.480 e. The van der Waals surface area contributed by atoms with Crippen LogP contribution in [0.15, 0.2) is 48.7 Å². The lowest BCUT2D eigenvalue weighted by atomic mass is 10.0. The van der Waals surface area contributed by atoms with Crippen LogP contribution >= 0.6 is 0 Å². The monoisotopic (exact) mass is 309 g/mol. The van der Waals surface area contributed by atoms with Crippen LogP contribution in [-0.2, 0) is 17.8 Å². The molecule has 0 amide bonds. The number of H-pyrrole nitrogens is 1. The molecule has 3 aromatic rings. The van der Waals surface area contributed by atoms with Crippen LogP contribution in [0.2, 0.25) is 0 Å². The van der Waals surface area contributed by atoms with Crippen LogP contribution in [0.1, 0.15) is 16.7 Å². The van der Waals surface area contributed by atoms with E-state index in [2.05, 4.69) is 15.5 Å². The molecule has 118 valence electrons. The van der Waals surface area contributed by atoms with E-state index in [4.69, 9.17) is 0 Å². The van der Waals surface area contributed by atoms with Crippen LogP contribution in [-0.4, -0.2) is 27.3 Å². The number of aromatic nitrogens is 2. The van der Waals surface area contributed by atoms with Gasteiger partial charge in [0.15, 0.2) is 0 Å². The number of nitrogens with one attached hydrogen (secondary N) is 2. The number of nitrogens with zero attached hydrogens (tertiary/aromatic N) is 1. The molecule has 1 heterocycles. The number of carboxylic acids is 1. The van der Waals surface area contributed by atoms with Crippen LogP contribution in [0.5, 0.6) is 0 Å². The van der Waals surface area contributed by atoms with Crippen LogP contribution in [0, 0.1) is 6.92 Å². The van der Waals surface area contributed by atoms with E-state index in [1.807, 2.05) is 49.4 Å². The highest BCUT2D eigenvalue weighted by molar-refractivity contribution is 5.82. The van der Waals surface area contributed by atoms with E-state index in [-0.39, 0.29) is 0 Å². The van der Waals surface area contributed by atoms with E-state index in [0.29, 0.717) is 13.0 Å². The number of benzene rings is 2. The van der Waals surface area contributed by atoms with Crippen molar-refractivity contribution >= 4 is 16.9 Å². The summed E-state index contributed by atoms with van der Waals surface area (Å²) in [6, 6.07) is 13.2. The zero-order valence-electron chi connectivity index (χ0n) is 12.9. The van der Waals surface area contributed by atoms with E-state index >= 15 is 0 Å². The Bertz CT molecular complexity index is 812. The predicted octanol–water partition coefficient (Wildman–Crippen LogP) is 2.66. The van der Waals surface area contributed by atoms with E-state index < -0.39 is 12.0 Å². The number of hydrogen-bond donors (Lipinski definition) is 3. The van der Waals surface area contributed by atoms with Gasteiger partial charge in [0.05, 0.1) is 11.7 Å². The molecule has 0 aliphatic carbocycles. The summed E-state index contributed by atoms with van der Waals surface area (Å²) in [6.07, 6.45) is 2.20. The molecule has 0 fully saturated rings. The predicted molar refractivity (Wildman–Crippen MR) is 89.2 cm³/mol. The van der Waals surface area contributed by atoms with Gasteiger partial charge < -0.3 is 10.4 Å². The molecule has 3 N–H and O–H groups in total. The maximum Gasteiger partial charge on any atom is 0.321 e. The molecule has 0 saturated carbocycles. The average Bonchev–Trinajstić information content (AvgIpc) is 3.01. The highest BCUT2D eigenvalue weighted by Crippen LogP contribution is 2.19. The molecule has 5 heteroatoms. The third-order valence-electron chi connectivity index (χ3n) is 3.94. The molecule has 0 bridgehead atoms. The summed E-state index contributed by atoms with van der Waals surface area (Å²) >= 11 is 0. The van der Waals surface area contributed by atoms with Gasteiger partial charge in [-0.15, -0.1) is 0 Å². The zero-order valence-corrected chi connectivity index (χ0v) is 12.9. The first-order valence-electron chi connectivity index (χ1n) is 7.56. The lowest BCUT2D eigenvalue weighted by molar-refractivity contribution is -0.139. The normalized spacial score (nSPS) is 12.4. The second-order valence-electron chi connectivity index (χ2n) is 5.71. The quantitative estimate of drug-likeness (QED) is 0.654. The highest BCUT2D eigenvalue weighted by atomic mass is 16.4. The Morgan fingerprint density at radius 2 is 2.04 bits per heavy atom. The van der Waals surface area contributed by atoms with Crippen molar-refractivity contribution in [3.05, 3.63) is 65.4 Å². The Morgan fingerprint density at radius 1 is 1.26 bits per heavy atom. The van der Waals surface area contributed by atoms with Crippen molar-refractivity contribution in [2.24, 2.45) is 0 Å². The van der Waals surface area contributed by atoms with Crippen LogP contribution < -0.4 is 5.32 Å². The number of carbonyl (C=O) groups is 1. The van der Waals surface area contributed by atoms with Gasteiger partial charge in [-0.25, -0.2) is 0 Å². The SMILES string of the molecule is Cc1cc(CC(NCc2ccccc2)C(=O)O)cc2cn[nH]c12. The lowest BCUT2D eigenvalue weighted by Crippen LogP contribution is -2.38. The molecule has 0 aliphatic heterocycles. The second kappa shape index (κ2) is 6.62. The fourth-order valence-electron chi connectivity index (χ4n) is 2.75. The summed E-state index contributed by atoms with van der Waals surface area (Å²) in [4.78, 5) is 11.5. The molecular weight excluding hydrogens is 290 g/mol. The molecular formula is C18H19N3O2. The third-order valence-corrected chi connectivity index (χ3v) is 3.94. The van der Waals surface area contributed by atoms with Gasteiger partial charge in [-0.05, 0) is 36.1 Å². The Kier molecular flexibility index (Phi) is 4.39. The molecule has 2 aromatic carbocycles. The minimum absolute atomic E-state index is 0.435. The Balaban J connectivity index is 1.74. The maximum atomic E-state index is 11.5. The molecule has 3 rings (SSSR count). The molecule has 0 radical (unpaired) electrons. The standard InChI is InChI=1S/C18H19N3O2/c1-12-7-14(8-15-11-20-21-17(12)15)9-16(18(22)23)19-10-13-5-3-2-4-6-13/h2-8,11,16,19H,9-10H2,1H3,(H,20,21)(H,22,23). The molecule has 23 heavy (non-hydrogen) atoms. The number of aromatic amines is 1. The number of aliphatic carboxylic acids is 1. The van der Waals surface area contributed by atoms with Gasteiger partial charge in [-0.2, -0.15) is 5.10 Å². The Labute approximate surface area is 134 Å². The molecule has 5 nitrogen and oxygen atoms in total. The highest BCUT2D eigenvalue weighted by Gasteiger charge is 2.18.